The van der Waals surface area contributed by atoms with E-state index < -0.39 is 0 Å². The Morgan fingerprint density at radius 2 is 1.78 bits per heavy atom. The lowest BCUT2D eigenvalue weighted by Crippen LogP contribution is -3.27. The minimum absolute atomic E-state index is 0.00197. The molecule has 5 nitrogen and oxygen atoms in total. The van der Waals surface area contributed by atoms with Gasteiger partial charge in [-0.3, -0.25) is 4.79 Å². The van der Waals surface area contributed by atoms with Crippen LogP contribution >= 0.6 is 11.6 Å². The number of hydrogen-bond acceptors (Lipinski definition) is 2. The van der Waals surface area contributed by atoms with Gasteiger partial charge in [-0.1, -0.05) is 41.9 Å². The molecule has 1 saturated heterocycles. The van der Waals surface area contributed by atoms with E-state index in [1.165, 1.54) is 10.5 Å². The van der Waals surface area contributed by atoms with Crippen LogP contribution in [-0.2, 0) is 11.3 Å². The van der Waals surface area contributed by atoms with Crippen LogP contribution in [0.25, 0.3) is 0 Å². The number of halogens is 1. The summed E-state index contributed by atoms with van der Waals surface area (Å²) in [5.74, 6) is 0.625. The molecule has 0 unspecified atom stereocenters. The molecule has 1 heterocycles. The standard InChI is InChI=1S/C21H26ClN3O2/c1-27-20-8-7-18(22)15-19(20)23-21(26)9-10-24-11-13-25(14-12-24)16-17-5-3-2-4-6-17/h2-8,15H,9-14,16H2,1H3,(H,23,26)/p+2. The first-order valence-electron chi connectivity index (χ1n) is 9.48. The van der Waals surface area contributed by atoms with Gasteiger partial charge in [0.1, 0.15) is 38.5 Å². The fraction of sp³-hybridized carbons (Fsp3) is 0.381. The second-order valence-electron chi connectivity index (χ2n) is 7.06. The molecule has 6 heteroatoms. The Kier molecular flexibility index (Phi) is 7.10. The Balaban J connectivity index is 1.41. The van der Waals surface area contributed by atoms with Crippen molar-refractivity contribution < 1.29 is 19.3 Å². The van der Waals surface area contributed by atoms with Crippen LogP contribution in [0.3, 0.4) is 0 Å². The number of methoxy groups -OCH3 is 1. The molecule has 2 aromatic rings. The van der Waals surface area contributed by atoms with Crippen LogP contribution in [0.5, 0.6) is 5.75 Å². The average molecular weight is 390 g/mol. The zero-order chi connectivity index (χ0) is 19.1. The van der Waals surface area contributed by atoms with Gasteiger partial charge in [0.2, 0.25) is 5.91 Å². The molecule has 3 rings (SSSR count). The molecule has 0 atom stereocenters. The molecule has 0 radical (unpaired) electrons. The Labute approximate surface area is 165 Å². The number of benzene rings is 2. The number of quaternary nitrogens is 2. The van der Waals surface area contributed by atoms with E-state index in [9.17, 15) is 4.79 Å². The highest BCUT2D eigenvalue weighted by Gasteiger charge is 2.23. The highest BCUT2D eigenvalue weighted by molar-refractivity contribution is 6.31. The number of rotatable bonds is 7. The predicted molar refractivity (Wildman–Crippen MR) is 108 cm³/mol. The summed E-state index contributed by atoms with van der Waals surface area (Å²) in [6.07, 6.45) is 0.499. The van der Waals surface area contributed by atoms with Crippen molar-refractivity contribution in [3.63, 3.8) is 0 Å². The molecular formula is C21H28ClN3O2+2. The van der Waals surface area contributed by atoms with Crippen molar-refractivity contribution >= 4 is 23.2 Å². The van der Waals surface area contributed by atoms with Gasteiger partial charge < -0.3 is 19.9 Å². The first-order chi connectivity index (χ1) is 13.1. The maximum Gasteiger partial charge on any atom is 0.230 e. The van der Waals surface area contributed by atoms with Gasteiger partial charge in [-0.15, -0.1) is 0 Å². The number of ether oxygens (including phenoxy) is 1. The third-order valence-corrected chi connectivity index (χ3v) is 5.34. The van der Waals surface area contributed by atoms with Crippen LogP contribution in [0.15, 0.2) is 48.5 Å². The van der Waals surface area contributed by atoms with Gasteiger partial charge in [-0.05, 0) is 18.2 Å². The molecule has 144 valence electrons. The molecule has 0 saturated carbocycles. The molecule has 0 bridgehead atoms. The molecule has 0 aromatic heterocycles. The van der Waals surface area contributed by atoms with Gasteiger partial charge in [-0.2, -0.15) is 0 Å². The van der Waals surface area contributed by atoms with Crippen LogP contribution in [0.2, 0.25) is 5.02 Å². The molecular weight excluding hydrogens is 362 g/mol. The minimum atomic E-state index is 0.00197. The highest BCUT2D eigenvalue weighted by atomic mass is 35.5. The number of amides is 1. The van der Waals surface area contributed by atoms with Crippen molar-refractivity contribution in [1.29, 1.82) is 0 Å². The number of carbonyl (C=O) groups excluding carboxylic acids is 1. The van der Waals surface area contributed by atoms with E-state index in [1.807, 2.05) is 0 Å². The Morgan fingerprint density at radius 3 is 2.48 bits per heavy atom. The molecule has 0 aliphatic carbocycles. The summed E-state index contributed by atoms with van der Waals surface area (Å²) in [6, 6.07) is 15.9. The van der Waals surface area contributed by atoms with Gasteiger partial charge in [0, 0.05) is 10.6 Å². The van der Waals surface area contributed by atoms with E-state index in [-0.39, 0.29) is 5.91 Å². The van der Waals surface area contributed by atoms with Crippen LogP contribution in [0.4, 0.5) is 5.69 Å². The number of carbonyl (C=O) groups is 1. The average Bonchev–Trinajstić information content (AvgIpc) is 2.68. The minimum Gasteiger partial charge on any atom is -0.495 e. The van der Waals surface area contributed by atoms with Crippen LogP contribution in [0.1, 0.15) is 12.0 Å². The first kappa shape index (κ1) is 19.7. The molecule has 2 aromatic carbocycles. The van der Waals surface area contributed by atoms with E-state index in [1.54, 1.807) is 30.2 Å². The molecule has 27 heavy (non-hydrogen) atoms. The highest BCUT2D eigenvalue weighted by Crippen LogP contribution is 2.27. The largest absolute Gasteiger partial charge is 0.495 e. The van der Waals surface area contributed by atoms with Crippen molar-refractivity contribution in [2.75, 3.05) is 45.2 Å². The summed E-state index contributed by atoms with van der Waals surface area (Å²) in [6.45, 7) is 6.45. The maximum atomic E-state index is 12.3. The third kappa shape index (κ3) is 5.96. The van der Waals surface area contributed by atoms with E-state index in [4.69, 9.17) is 16.3 Å². The van der Waals surface area contributed by atoms with Crippen LogP contribution in [-0.4, -0.2) is 45.7 Å². The lowest BCUT2D eigenvalue weighted by molar-refractivity contribution is -1.02. The Morgan fingerprint density at radius 1 is 1.07 bits per heavy atom. The summed E-state index contributed by atoms with van der Waals surface area (Å²) in [5, 5.41) is 3.49. The van der Waals surface area contributed by atoms with E-state index >= 15 is 0 Å². The fourth-order valence-corrected chi connectivity index (χ4v) is 3.72. The number of anilines is 1. The van der Waals surface area contributed by atoms with Gasteiger partial charge in [0.25, 0.3) is 0 Å². The fourth-order valence-electron chi connectivity index (χ4n) is 3.55. The molecule has 1 aliphatic heterocycles. The SMILES string of the molecule is COc1ccc(Cl)cc1NC(=O)CC[NH+]1CC[NH+](Cc2ccccc2)CC1. The zero-order valence-electron chi connectivity index (χ0n) is 15.8. The molecule has 3 N–H and O–H groups in total. The second kappa shape index (κ2) is 9.74. The smallest absolute Gasteiger partial charge is 0.230 e. The molecule has 1 aliphatic rings. The van der Waals surface area contributed by atoms with Crippen LogP contribution < -0.4 is 19.9 Å². The summed E-state index contributed by atoms with van der Waals surface area (Å²) < 4.78 is 5.27. The summed E-state index contributed by atoms with van der Waals surface area (Å²) in [4.78, 5) is 15.4. The molecule has 1 fully saturated rings. The molecule has 1 amide bonds. The summed E-state index contributed by atoms with van der Waals surface area (Å²) >= 11 is 6.01. The number of nitrogens with one attached hydrogen (secondary N) is 3. The lowest BCUT2D eigenvalue weighted by atomic mass is 10.2. The Bertz CT molecular complexity index is 746. The zero-order valence-corrected chi connectivity index (χ0v) is 16.5. The van der Waals surface area contributed by atoms with Gasteiger partial charge in [0.15, 0.2) is 0 Å². The topological polar surface area (TPSA) is 47.2 Å². The second-order valence-corrected chi connectivity index (χ2v) is 7.49. The lowest BCUT2D eigenvalue weighted by Gasteiger charge is -2.29. The monoisotopic (exact) mass is 389 g/mol. The van der Waals surface area contributed by atoms with Crippen LogP contribution in [0, 0.1) is 0 Å². The molecule has 0 spiro atoms. The first-order valence-corrected chi connectivity index (χ1v) is 9.86. The van der Waals surface area contributed by atoms with Crippen molar-refractivity contribution in [3.05, 3.63) is 59.1 Å². The maximum absolute atomic E-state index is 12.3. The summed E-state index contributed by atoms with van der Waals surface area (Å²) in [5.41, 5.74) is 2.02. The van der Waals surface area contributed by atoms with E-state index in [0.717, 1.165) is 39.3 Å². The Hall–Kier alpha value is -2.08. The summed E-state index contributed by atoms with van der Waals surface area (Å²) in [7, 11) is 1.58. The quantitative estimate of drug-likeness (QED) is 0.651. The van der Waals surface area contributed by atoms with Gasteiger partial charge in [-0.25, -0.2) is 0 Å². The number of piperazine rings is 1. The van der Waals surface area contributed by atoms with Crippen molar-refractivity contribution in [1.82, 2.24) is 0 Å². The van der Waals surface area contributed by atoms with E-state index in [2.05, 4.69) is 35.6 Å². The van der Waals surface area contributed by atoms with Gasteiger partial charge >= 0.3 is 0 Å². The number of hydrogen-bond donors (Lipinski definition) is 3. The predicted octanol–water partition coefficient (Wildman–Crippen LogP) is 0.661. The third-order valence-electron chi connectivity index (χ3n) is 5.10. The van der Waals surface area contributed by atoms with E-state index in [0.29, 0.717) is 22.9 Å². The van der Waals surface area contributed by atoms with Crippen molar-refractivity contribution in [2.45, 2.75) is 13.0 Å². The van der Waals surface area contributed by atoms with Crippen molar-refractivity contribution in [2.24, 2.45) is 0 Å². The van der Waals surface area contributed by atoms with Gasteiger partial charge in [0.05, 0.1) is 25.8 Å². The normalized spacial score (nSPS) is 19.5. The van der Waals surface area contributed by atoms with Crippen molar-refractivity contribution in [3.8, 4) is 5.75 Å².